The molecule has 1 atom stereocenters. The molecule has 0 rings (SSSR count). The first kappa shape index (κ1) is 12.9. The Morgan fingerprint density at radius 1 is 0.846 bits per heavy atom. The molecule has 0 unspecified atom stereocenters. The van der Waals surface area contributed by atoms with E-state index in [-0.39, 0.29) is 6.10 Å². The maximum atomic E-state index is 9.31. The highest BCUT2D eigenvalue weighted by atomic mass is 16.3. The van der Waals surface area contributed by atoms with Gasteiger partial charge in [-0.25, -0.2) is 0 Å². The molecule has 0 aromatic heterocycles. The topological polar surface area (TPSA) is 23.5 Å². The first-order valence-corrected chi connectivity index (χ1v) is 5.32. The van der Waals surface area contributed by atoms with Gasteiger partial charge in [0.2, 0.25) is 0 Å². The van der Waals surface area contributed by atoms with E-state index in [1.165, 1.54) is 0 Å². The average molecular weight is 187 g/mol. The Labute approximate surface area is 82.9 Å². The maximum Gasteiger partial charge on any atom is 0.0639 e. The molecule has 0 aromatic carbocycles. The van der Waals surface area contributed by atoms with E-state index in [4.69, 9.17) is 0 Å². The Morgan fingerprint density at radius 3 is 1.46 bits per heavy atom. The van der Waals surface area contributed by atoms with Gasteiger partial charge in [0.25, 0.3) is 0 Å². The van der Waals surface area contributed by atoms with Crippen LogP contribution in [0.1, 0.15) is 34.6 Å². The molecule has 0 amide bonds. The van der Waals surface area contributed by atoms with E-state index in [1.54, 1.807) is 0 Å². The van der Waals surface area contributed by atoms with E-state index in [2.05, 4.69) is 32.6 Å². The van der Waals surface area contributed by atoms with Crippen molar-refractivity contribution < 1.29 is 5.11 Å². The van der Waals surface area contributed by atoms with Crippen LogP contribution in [0.2, 0.25) is 0 Å². The van der Waals surface area contributed by atoms with Gasteiger partial charge in [-0.05, 0) is 18.8 Å². The summed E-state index contributed by atoms with van der Waals surface area (Å²) < 4.78 is 0. The summed E-state index contributed by atoms with van der Waals surface area (Å²) in [6.07, 6.45) is -0.211. The van der Waals surface area contributed by atoms with Gasteiger partial charge in [-0.15, -0.1) is 0 Å². The van der Waals surface area contributed by atoms with E-state index in [0.717, 1.165) is 19.6 Å². The second-order valence-electron chi connectivity index (χ2n) is 4.86. The Kier molecular flexibility index (Phi) is 6.35. The molecule has 0 bridgehead atoms. The molecule has 0 aromatic rings. The summed E-state index contributed by atoms with van der Waals surface area (Å²) in [6.45, 7) is 13.7. The van der Waals surface area contributed by atoms with Crippen molar-refractivity contribution >= 4 is 0 Å². The van der Waals surface area contributed by atoms with Gasteiger partial charge in [-0.2, -0.15) is 0 Å². The Balaban J connectivity index is 3.87. The lowest BCUT2D eigenvalue weighted by molar-refractivity contribution is 0.111. The lowest BCUT2D eigenvalue weighted by Crippen LogP contribution is -2.36. The van der Waals surface area contributed by atoms with Crippen LogP contribution in [-0.2, 0) is 0 Å². The number of hydrogen-bond acceptors (Lipinski definition) is 2. The van der Waals surface area contributed by atoms with E-state index >= 15 is 0 Å². The molecular formula is C11H25NO. The summed E-state index contributed by atoms with van der Waals surface area (Å²) in [5.41, 5.74) is 0. The summed E-state index contributed by atoms with van der Waals surface area (Å²) in [5.74, 6) is 1.36. The number of nitrogens with zero attached hydrogens (tertiary/aromatic N) is 1. The van der Waals surface area contributed by atoms with Crippen molar-refractivity contribution in [2.45, 2.75) is 40.7 Å². The van der Waals surface area contributed by atoms with Crippen molar-refractivity contribution in [2.75, 3.05) is 19.6 Å². The van der Waals surface area contributed by atoms with Gasteiger partial charge in [-0.3, -0.25) is 0 Å². The minimum atomic E-state index is -0.211. The normalized spacial score (nSPS) is 14.5. The number of hydrogen-bond donors (Lipinski definition) is 1. The van der Waals surface area contributed by atoms with Gasteiger partial charge in [-0.1, -0.05) is 27.7 Å². The third-order valence-electron chi connectivity index (χ3n) is 1.77. The molecule has 13 heavy (non-hydrogen) atoms. The standard InChI is InChI=1S/C11H25NO/c1-9(2)6-12(7-10(3)4)8-11(5)13/h9-11,13H,6-8H2,1-5H3/t11-/m1/s1. The van der Waals surface area contributed by atoms with Crippen LogP contribution < -0.4 is 0 Å². The predicted molar refractivity (Wildman–Crippen MR) is 57.8 cm³/mol. The molecular weight excluding hydrogens is 162 g/mol. The molecule has 80 valence electrons. The summed E-state index contributed by atoms with van der Waals surface area (Å²) in [7, 11) is 0. The lowest BCUT2D eigenvalue weighted by atomic mass is 10.1. The van der Waals surface area contributed by atoms with Crippen molar-refractivity contribution in [3.8, 4) is 0 Å². The highest BCUT2D eigenvalue weighted by Gasteiger charge is 2.11. The average Bonchev–Trinajstić information content (AvgIpc) is 1.80. The van der Waals surface area contributed by atoms with Crippen LogP contribution in [0.5, 0.6) is 0 Å². The molecule has 0 aliphatic heterocycles. The summed E-state index contributed by atoms with van der Waals surface area (Å²) in [5, 5.41) is 9.31. The molecule has 0 saturated carbocycles. The zero-order valence-corrected chi connectivity index (χ0v) is 9.75. The Hall–Kier alpha value is -0.0800. The first-order valence-electron chi connectivity index (χ1n) is 5.32. The van der Waals surface area contributed by atoms with Crippen molar-refractivity contribution in [1.82, 2.24) is 4.90 Å². The molecule has 0 aliphatic carbocycles. The van der Waals surface area contributed by atoms with Crippen LogP contribution in [-0.4, -0.2) is 35.7 Å². The molecule has 0 aliphatic rings. The van der Waals surface area contributed by atoms with Gasteiger partial charge < -0.3 is 10.0 Å². The van der Waals surface area contributed by atoms with Crippen molar-refractivity contribution in [2.24, 2.45) is 11.8 Å². The minimum absolute atomic E-state index is 0.211. The maximum absolute atomic E-state index is 9.31. The molecule has 0 saturated heterocycles. The predicted octanol–water partition coefficient (Wildman–Crippen LogP) is 1.98. The summed E-state index contributed by atoms with van der Waals surface area (Å²) in [4.78, 5) is 2.35. The first-order chi connectivity index (χ1) is 5.91. The van der Waals surface area contributed by atoms with E-state index in [9.17, 15) is 5.11 Å². The Morgan fingerprint density at radius 2 is 1.23 bits per heavy atom. The quantitative estimate of drug-likeness (QED) is 0.687. The van der Waals surface area contributed by atoms with Crippen molar-refractivity contribution in [3.63, 3.8) is 0 Å². The fourth-order valence-corrected chi connectivity index (χ4v) is 1.63. The second kappa shape index (κ2) is 6.39. The van der Waals surface area contributed by atoms with Gasteiger partial charge in [0, 0.05) is 19.6 Å². The molecule has 0 spiro atoms. The van der Waals surface area contributed by atoms with Crippen molar-refractivity contribution in [1.29, 1.82) is 0 Å². The molecule has 2 heteroatoms. The largest absolute Gasteiger partial charge is 0.392 e. The van der Waals surface area contributed by atoms with Crippen LogP contribution in [0.15, 0.2) is 0 Å². The fourth-order valence-electron chi connectivity index (χ4n) is 1.63. The number of rotatable bonds is 6. The van der Waals surface area contributed by atoms with E-state index < -0.39 is 0 Å². The number of aliphatic hydroxyl groups is 1. The van der Waals surface area contributed by atoms with E-state index in [1.807, 2.05) is 6.92 Å². The fraction of sp³-hybridized carbons (Fsp3) is 1.00. The molecule has 0 radical (unpaired) electrons. The van der Waals surface area contributed by atoms with Gasteiger partial charge in [0.1, 0.15) is 0 Å². The summed E-state index contributed by atoms with van der Waals surface area (Å²) in [6, 6.07) is 0. The zero-order chi connectivity index (χ0) is 10.4. The zero-order valence-electron chi connectivity index (χ0n) is 9.75. The van der Waals surface area contributed by atoms with Gasteiger partial charge in [0.15, 0.2) is 0 Å². The molecule has 2 nitrogen and oxygen atoms in total. The van der Waals surface area contributed by atoms with Crippen LogP contribution in [0.4, 0.5) is 0 Å². The smallest absolute Gasteiger partial charge is 0.0639 e. The second-order valence-corrected chi connectivity index (χ2v) is 4.86. The Bertz CT molecular complexity index is 97.5. The van der Waals surface area contributed by atoms with Gasteiger partial charge in [0.05, 0.1) is 6.10 Å². The molecule has 0 fully saturated rings. The lowest BCUT2D eigenvalue weighted by Gasteiger charge is -2.27. The van der Waals surface area contributed by atoms with Gasteiger partial charge >= 0.3 is 0 Å². The molecule has 1 N–H and O–H groups in total. The van der Waals surface area contributed by atoms with Crippen LogP contribution >= 0.6 is 0 Å². The van der Waals surface area contributed by atoms with E-state index in [0.29, 0.717) is 11.8 Å². The SMILES string of the molecule is CC(C)CN(CC(C)C)C[C@@H](C)O. The summed E-state index contributed by atoms with van der Waals surface area (Å²) >= 11 is 0. The minimum Gasteiger partial charge on any atom is -0.392 e. The monoisotopic (exact) mass is 187 g/mol. The third-order valence-corrected chi connectivity index (χ3v) is 1.77. The highest BCUT2D eigenvalue weighted by Crippen LogP contribution is 2.04. The van der Waals surface area contributed by atoms with Crippen LogP contribution in [0.25, 0.3) is 0 Å². The number of aliphatic hydroxyl groups excluding tert-OH is 1. The third kappa shape index (κ3) is 8.26. The highest BCUT2D eigenvalue weighted by molar-refractivity contribution is 4.64. The van der Waals surface area contributed by atoms with Crippen LogP contribution in [0, 0.1) is 11.8 Å². The van der Waals surface area contributed by atoms with Crippen LogP contribution in [0.3, 0.4) is 0 Å². The van der Waals surface area contributed by atoms with Crippen molar-refractivity contribution in [3.05, 3.63) is 0 Å². The molecule has 0 heterocycles.